The SMILES string of the molecule is CNC(Cc1ccn(C2CCCC2)n1)c1cn(C)nc1C. The van der Waals surface area contributed by atoms with Gasteiger partial charge >= 0.3 is 0 Å². The molecular weight excluding hydrogens is 262 g/mol. The van der Waals surface area contributed by atoms with E-state index in [1.165, 1.54) is 31.2 Å². The maximum Gasteiger partial charge on any atom is 0.0643 e. The summed E-state index contributed by atoms with van der Waals surface area (Å²) in [7, 11) is 3.98. The van der Waals surface area contributed by atoms with Crippen molar-refractivity contribution < 1.29 is 0 Å². The Morgan fingerprint density at radius 3 is 2.71 bits per heavy atom. The molecule has 0 saturated heterocycles. The summed E-state index contributed by atoms with van der Waals surface area (Å²) in [6.07, 6.45) is 10.4. The lowest BCUT2D eigenvalue weighted by Crippen LogP contribution is -2.19. The number of aromatic nitrogens is 4. The minimum atomic E-state index is 0.269. The topological polar surface area (TPSA) is 47.7 Å². The summed E-state index contributed by atoms with van der Waals surface area (Å²) in [4.78, 5) is 0. The average molecular weight is 287 g/mol. The third-order valence-corrected chi connectivity index (χ3v) is 4.55. The molecular formula is C16H25N5. The van der Waals surface area contributed by atoms with Gasteiger partial charge in [0.25, 0.3) is 0 Å². The minimum Gasteiger partial charge on any atom is -0.313 e. The van der Waals surface area contributed by atoms with Crippen LogP contribution in [0, 0.1) is 6.92 Å². The van der Waals surface area contributed by atoms with Crippen LogP contribution in [-0.4, -0.2) is 26.6 Å². The van der Waals surface area contributed by atoms with Crippen molar-refractivity contribution in [1.82, 2.24) is 24.9 Å². The summed E-state index contributed by atoms with van der Waals surface area (Å²) in [6.45, 7) is 2.07. The second-order valence-electron chi connectivity index (χ2n) is 6.11. The molecule has 2 aromatic rings. The smallest absolute Gasteiger partial charge is 0.0643 e. The Bertz CT molecular complexity index is 592. The van der Waals surface area contributed by atoms with Crippen molar-refractivity contribution in [3.8, 4) is 0 Å². The Balaban J connectivity index is 1.73. The molecule has 0 aromatic carbocycles. The largest absolute Gasteiger partial charge is 0.313 e. The number of rotatable bonds is 5. The first-order valence-electron chi connectivity index (χ1n) is 7.89. The van der Waals surface area contributed by atoms with Gasteiger partial charge in [-0.1, -0.05) is 12.8 Å². The molecule has 2 heterocycles. The van der Waals surface area contributed by atoms with Gasteiger partial charge in [0.2, 0.25) is 0 Å². The van der Waals surface area contributed by atoms with E-state index in [-0.39, 0.29) is 6.04 Å². The lowest BCUT2D eigenvalue weighted by Gasteiger charge is -2.14. The van der Waals surface area contributed by atoms with E-state index in [0.717, 1.165) is 17.8 Å². The summed E-state index contributed by atoms with van der Waals surface area (Å²) >= 11 is 0. The van der Waals surface area contributed by atoms with Crippen molar-refractivity contribution in [3.63, 3.8) is 0 Å². The van der Waals surface area contributed by atoms with Gasteiger partial charge in [0, 0.05) is 37.5 Å². The van der Waals surface area contributed by atoms with Gasteiger partial charge in [-0.3, -0.25) is 9.36 Å². The lowest BCUT2D eigenvalue weighted by atomic mass is 10.0. The molecule has 1 aliphatic carbocycles. The highest BCUT2D eigenvalue weighted by Gasteiger charge is 2.20. The molecule has 5 nitrogen and oxygen atoms in total. The summed E-state index contributed by atoms with van der Waals surface area (Å²) in [5.41, 5.74) is 3.51. The fraction of sp³-hybridized carbons (Fsp3) is 0.625. The van der Waals surface area contributed by atoms with E-state index < -0.39 is 0 Å². The van der Waals surface area contributed by atoms with Crippen molar-refractivity contribution in [2.45, 2.75) is 51.1 Å². The second-order valence-corrected chi connectivity index (χ2v) is 6.11. The van der Waals surface area contributed by atoms with Gasteiger partial charge in [0.05, 0.1) is 17.4 Å². The first-order valence-corrected chi connectivity index (χ1v) is 7.89. The summed E-state index contributed by atoms with van der Waals surface area (Å²) in [5, 5.41) is 12.6. The van der Waals surface area contributed by atoms with Crippen molar-refractivity contribution >= 4 is 0 Å². The van der Waals surface area contributed by atoms with Gasteiger partial charge in [-0.15, -0.1) is 0 Å². The Kier molecular flexibility index (Phi) is 4.10. The first kappa shape index (κ1) is 14.3. The molecule has 0 amide bonds. The van der Waals surface area contributed by atoms with Crippen LogP contribution in [0.2, 0.25) is 0 Å². The van der Waals surface area contributed by atoms with Crippen LogP contribution in [0.25, 0.3) is 0 Å². The van der Waals surface area contributed by atoms with Crippen LogP contribution < -0.4 is 5.32 Å². The predicted octanol–water partition coefficient (Wildman–Crippen LogP) is 2.54. The molecule has 3 rings (SSSR count). The number of likely N-dealkylation sites (N-methyl/N-ethyl adjacent to an activating group) is 1. The standard InChI is InChI=1S/C16H25N5/c1-12-15(11-20(3)18-12)16(17-2)10-13-8-9-21(19-13)14-6-4-5-7-14/h8-9,11,14,16-17H,4-7,10H2,1-3H3. The fourth-order valence-corrected chi connectivity index (χ4v) is 3.40. The van der Waals surface area contributed by atoms with Gasteiger partial charge < -0.3 is 5.32 Å². The molecule has 0 radical (unpaired) electrons. The van der Waals surface area contributed by atoms with E-state index in [1.54, 1.807) is 0 Å². The number of aryl methyl sites for hydroxylation is 2. The van der Waals surface area contributed by atoms with Gasteiger partial charge in [-0.2, -0.15) is 10.2 Å². The molecule has 0 bridgehead atoms. The Morgan fingerprint density at radius 1 is 1.33 bits per heavy atom. The summed E-state index contributed by atoms with van der Waals surface area (Å²) in [6, 6.07) is 3.05. The molecule has 1 atom stereocenters. The monoisotopic (exact) mass is 287 g/mol. The molecule has 1 unspecified atom stereocenters. The van der Waals surface area contributed by atoms with E-state index in [1.807, 2.05) is 18.8 Å². The zero-order valence-corrected chi connectivity index (χ0v) is 13.2. The number of nitrogens with zero attached hydrogens (tertiary/aromatic N) is 4. The van der Waals surface area contributed by atoms with Crippen molar-refractivity contribution in [3.05, 3.63) is 35.4 Å². The zero-order chi connectivity index (χ0) is 14.8. The minimum absolute atomic E-state index is 0.269. The highest BCUT2D eigenvalue weighted by Crippen LogP contribution is 2.29. The van der Waals surface area contributed by atoms with Crippen molar-refractivity contribution in [2.75, 3.05) is 7.05 Å². The van der Waals surface area contributed by atoms with Crippen molar-refractivity contribution in [1.29, 1.82) is 0 Å². The van der Waals surface area contributed by atoms with Crippen LogP contribution >= 0.6 is 0 Å². The molecule has 2 aromatic heterocycles. The Labute approximate surface area is 126 Å². The van der Waals surface area contributed by atoms with Crippen molar-refractivity contribution in [2.24, 2.45) is 7.05 Å². The summed E-state index contributed by atoms with van der Waals surface area (Å²) in [5.74, 6) is 0. The molecule has 114 valence electrons. The Hall–Kier alpha value is -1.62. The highest BCUT2D eigenvalue weighted by molar-refractivity contribution is 5.22. The van der Waals surface area contributed by atoms with E-state index in [2.05, 4.69) is 40.5 Å². The van der Waals surface area contributed by atoms with Crippen LogP contribution in [0.4, 0.5) is 0 Å². The molecule has 1 saturated carbocycles. The van der Waals surface area contributed by atoms with Gasteiger partial charge in [-0.05, 0) is 32.9 Å². The lowest BCUT2D eigenvalue weighted by molar-refractivity contribution is 0.459. The quantitative estimate of drug-likeness (QED) is 0.919. The van der Waals surface area contributed by atoms with Crippen LogP contribution in [0.3, 0.4) is 0 Å². The fourth-order valence-electron chi connectivity index (χ4n) is 3.40. The van der Waals surface area contributed by atoms with Crippen LogP contribution in [0.1, 0.15) is 54.7 Å². The molecule has 0 aliphatic heterocycles. The second kappa shape index (κ2) is 6.02. The van der Waals surface area contributed by atoms with Crippen LogP contribution in [0.5, 0.6) is 0 Å². The maximum atomic E-state index is 4.79. The third kappa shape index (κ3) is 3.02. The third-order valence-electron chi connectivity index (χ3n) is 4.55. The van der Waals surface area contributed by atoms with Gasteiger partial charge in [0.1, 0.15) is 0 Å². The van der Waals surface area contributed by atoms with Gasteiger partial charge in [0.15, 0.2) is 0 Å². The average Bonchev–Trinajstić information content (AvgIpc) is 3.16. The Morgan fingerprint density at radius 2 is 2.10 bits per heavy atom. The molecule has 0 spiro atoms. The molecule has 1 aliphatic rings. The van der Waals surface area contributed by atoms with Crippen LogP contribution in [0.15, 0.2) is 18.5 Å². The number of nitrogens with one attached hydrogen (secondary N) is 1. The van der Waals surface area contributed by atoms with E-state index in [0.29, 0.717) is 6.04 Å². The first-order chi connectivity index (χ1) is 10.2. The normalized spacial score (nSPS) is 17.5. The highest BCUT2D eigenvalue weighted by atomic mass is 15.3. The molecule has 1 fully saturated rings. The molecule has 21 heavy (non-hydrogen) atoms. The number of hydrogen-bond acceptors (Lipinski definition) is 3. The number of hydrogen-bond donors (Lipinski definition) is 1. The van der Waals surface area contributed by atoms with Gasteiger partial charge in [-0.25, -0.2) is 0 Å². The van der Waals surface area contributed by atoms with Crippen LogP contribution in [-0.2, 0) is 13.5 Å². The maximum absolute atomic E-state index is 4.79. The predicted molar refractivity (Wildman–Crippen MR) is 83.2 cm³/mol. The molecule has 1 N–H and O–H groups in total. The summed E-state index contributed by atoms with van der Waals surface area (Å²) < 4.78 is 4.05. The zero-order valence-electron chi connectivity index (χ0n) is 13.2. The van der Waals surface area contributed by atoms with E-state index in [9.17, 15) is 0 Å². The van der Waals surface area contributed by atoms with E-state index in [4.69, 9.17) is 5.10 Å². The molecule has 5 heteroatoms. The van der Waals surface area contributed by atoms with E-state index >= 15 is 0 Å².